The molecular weight excluding hydrogens is 228 g/mol. The van der Waals surface area contributed by atoms with Gasteiger partial charge in [-0.3, -0.25) is 9.36 Å². The van der Waals surface area contributed by atoms with Crippen molar-refractivity contribution in [1.29, 1.82) is 0 Å². The maximum absolute atomic E-state index is 10.3. The van der Waals surface area contributed by atoms with Crippen LogP contribution in [0.3, 0.4) is 0 Å². The lowest BCUT2D eigenvalue weighted by Gasteiger charge is -2.10. The van der Waals surface area contributed by atoms with E-state index in [0.717, 1.165) is 29.9 Å². The Morgan fingerprint density at radius 3 is 2.72 bits per heavy atom. The number of aliphatic hydroxyl groups excluding tert-OH is 1. The number of aromatic nitrogens is 4. The smallest absolute Gasteiger partial charge is 0.0998 e. The topological polar surface area (TPSA) is 55.9 Å². The second-order valence-corrected chi connectivity index (χ2v) is 4.47. The van der Waals surface area contributed by atoms with E-state index >= 15 is 0 Å². The van der Waals surface area contributed by atoms with Gasteiger partial charge in [0.2, 0.25) is 0 Å². The van der Waals surface area contributed by atoms with Gasteiger partial charge in [0.15, 0.2) is 0 Å². The Balaban J connectivity index is 2.17. The molecule has 98 valence electrons. The SMILES string of the molecule is CCc1cc(C(O)Cc2cnn(C)c2)n(CC)n1. The van der Waals surface area contributed by atoms with Gasteiger partial charge in [-0.05, 0) is 25.0 Å². The van der Waals surface area contributed by atoms with Gasteiger partial charge in [0, 0.05) is 26.2 Å². The van der Waals surface area contributed by atoms with Crippen LogP contribution in [0.15, 0.2) is 18.5 Å². The number of rotatable bonds is 5. The third kappa shape index (κ3) is 2.61. The molecule has 2 heterocycles. The molecule has 2 rings (SSSR count). The molecule has 5 nitrogen and oxygen atoms in total. The Bertz CT molecular complexity index is 515. The maximum atomic E-state index is 10.3. The van der Waals surface area contributed by atoms with Crippen molar-refractivity contribution in [3.8, 4) is 0 Å². The summed E-state index contributed by atoms with van der Waals surface area (Å²) in [5.41, 5.74) is 2.95. The first-order valence-electron chi connectivity index (χ1n) is 6.36. The van der Waals surface area contributed by atoms with Gasteiger partial charge in [0.1, 0.15) is 0 Å². The summed E-state index contributed by atoms with van der Waals surface area (Å²) in [6.45, 7) is 4.88. The number of aryl methyl sites for hydroxylation is 3. The molecule has 0 aromatic carbocycles. The van der Waals surface area contributed by atoms with Crippen LogP contribution in [-0.4, -0.2) is 24.7 Å². The minimum Gasteiger partial charge on any atom is -0.386 e. The van der Waals surface area contributed by atoms with E-state index in [1.807, 2.05) is 30.9 Å². The molecule has 0 aliphatic heterocycles. The van der Waals surface area contributed by atoms with Gasteiger partial charge in [0.25, 0.3) is 0 Å². The van der Waals surface area contributed by atoms with Gasteiger partial charge >= 0.3 is 0 Å². The highest BCUT2D eigenvalue weighted by atomic mass is 16.3. The van der Waals surface area contributed by atoms with Gasteiger partial charge in [0.05, 0.1) is 23.7 Å². The molecule has 0 amide bonds. The van der Waals surface area contributed by atoms with Gasteiger partial charge in [-0.1, -0.05) is 6.92 Å². The minimum atomic E-state index is -0.526. The molecule has 2 aromatic heterocycles. The molecular formula is C13H20N4O. The monoisotopic (exact) mass is 248 g/mol. The molecule has 1 unspecified atom stereocenters. The van der Waals surface area contributed by atoms with E-state index in [0.29, 0.717) is 6.42 Å². The van der Waals surface area contributed by atoms with E-state index in [-0.39, 0.29) is 0 Å². The standard InChI is InChI=1S/C13H20N4O/c1-4-11-7-12(17(5-2)15-11)13(18)6-10-8-14-16(3)9-10/h7-9,13,18H,4-6H2,1-3H3. The summed E-state index contributed by atoms with van der Waals surface area (Å²) in [6, 6.07) is 1.99. The maximum Gasteiger partial charge on any atom is 0.0998 e. The van der Waals surface area contributed by atoms with Crippen LogP contribution in [0.4, 0.5) is 0 Å². The Hall–Kier alpha value is -1.62. The van der Waals surface area contributed by atoms with Crippen LogP contribution < -0.4 is 0 Å². The van der Waals surface area contributed by atoms with Crippen molar-refractivity contribution in [2.45, 2.75) is 39.3 Å². The van der Waals surface area contributed by atoms with Crippen LogP contribution in [0.2, 0.25) is 0 Å². The van der Waals surface area contributed by atoms with E-state index in [1.54, 1.807) is 10.9 Å². The largest absolute Gasteiger partial charge is 0.386 e. The van der Waals surface area contributed by atoms with Crippen molar-refractivity contribution in [3.63, 3.8) is 0 Å². The Morgan fingerprint density at radius 1 is 1.39 bits per heavy atom. The zero-order valence-electron chi connectivity index (χ0n) is 11.2. The fourth-order valence-electron chi connectivity index (χ4n) is 2.09. The molecule has 1 atom stereocenters. The molecule has 0 aliphatic carbocycles. The van der Waals surface area contributed by atoms with E-state index in [2.05, 4.69) is 17.1 Å². The number of aliphatic hydroxyl groups is 1. The average molecular weight is 248 g/mol. The van der Waals surface area contributed by atoms with Crippen molar-refractivity contribution in [2.75, 3.05) is 0 Å². The number of hydrogen-bond acceptors (Lipinski definition) is 3. The van der Waals surface area contributed by atoms with Crippen LogP contribution >= 0.6 is 0 Å². The average Bonchev–Trinajstić information content (AvgIpc) is 2.95. The van der Waals surface area contributed by atoms with Crippen LogP contribution in [0.1, 0.15) is 36.9 Å². The van der Waals surface area contributed by atoms with Crippen LogP contribution in [0, 0.1) is 0 Å². The Morgan fingerprint density at radius 2 is 2.17 bits per heavy atom. The van der Waals surface area contributed by atoms with E-state index < -0.39 is 6.10 Å². The molecule has 0 fully saturated rings. The first kappa shape index (κ1) is 12.8. The van der Waals surface area contributed by atoms with E-state index in [1.165, 1.54) is 0 Å². The molecule has 0 bridgehead atoms. The third-order valence-corrected chi connectivity index (χ3v) is 3.05. The summed E-state index contributed by atoms with van der Waals surface area (Å²) in [7, 11) is 1.88. The second kappa shape index (κ2) is 5.35. The van der Waals surface area contributed by atoms with Crippen LogP contribution in [-0.2, 0) is 26.4 Å². The van der Waals surface area contributed by atoms with Crippen molar-refractivity contribution in [1.82, 2.24) is 19.6 Å². The lowest BCUT2D eigenvalue weighted by molar-refractivity contribution is 0.167. The number of hydrogen-bond donors (Lipinski definition) is 1. The van der Waals surface area contributed by atoms with Gasteiger partial charge < -0.3 is 5.11 Å². The van der Waals surface area contributed by atoms with Crippen molar-refractivity contribution in [3.05, 3.63) is 35.4 Å². The Labute approximate surface area is 107 Å². The molecule has 0 spiro atoms. The minimum absolute atomic E-state index is 0.526. The normalized spacial score (nSPS) is 12.9. The first-order valence-corrected chi connectivity index (χ1v) is 6.36. The van der Waals surface area contributed by atoms with Crippen molar-refractivity contribution < 1.29 is 5.11 Å². The zero-order chi connectivity index (χ0) is 13.1. The predicted octanol–water partition coefficient (Wildman–Crippen LogP) is 1.47. The summed E-state index contributed by atoms with van der Waals surface area (Å²) < 4.78 is 3.62. The fraction of sp³-hybridized carbons (Fsp3) is 0.538. The van der Waals surface area contributed by atoms with Crippen LogP contribution in [0.5, 0.6) is 0 Å². The molecule has 1 N–H and O–H groups in total. The molecule has 0 saturated carbocycles. The second-order valence-electron chi connectivity index (χ2n) is 4.47. The van der Waals surface area contributed by atoms with Gasteiger partial charge in [-0.25, -0.2) is 0 Å². The van der Waals surface area contributed by atoms with Crippen molar-refractivity contribution >= 4 is 0 Å². The quantitative estimate of drug-likeness (QED) is 0.872. The molecule has 0 aliphatic rings. The Kier molecular flexibility index (Phi) is 3.81. The lowest BCUT2D eigenvalue weighted by atomic mass is 10.1. The molecule has 18 heavy (non-hydrogen) atoms. The summed E-state index contributed by atoms with van der Waals surface area (Å²) in [5, 5.41) is 18.9. The first-order chi connectivity index (χ1) is 8.63. The summed E-state index contributed by atoms with van der Waals surface area (Å²) in [4.78, 5) is 0. The fourth-order valence-corrected chi connectivity index (χ4v) is 2.09. The predicted molar refractivity (Wildman–Crippen MR) is 69.2 cm³/mol. The molecule has 0 saturated heterocycles. The molecule has 0 radical (unpaired) electrons. The van der Waals surface area contributed by atoms with Gasteiger partial charge in [-0.2, -0.15) is 10.2 Å². The highest BCUT2D eigenvalue weighted by Crippen LogP contribution is 2.19. The van der Waals surface area contributed by atoms with E-state index in [9.17, 15) is 5.11 Å². The summed E-state index contributed by atoms with van der Waals surface area (Å²) in [6.07, 6.45) is 4.65. The zero-order valence-corrected chi connectivity index (χ0v) is 11.2. The summed E-state index contributed by atoms with van der Waals surface area (Å²) >= 11 is 0. The molecule has 5 heteroatoms. The van der Waals surface area contributed by atoms with Crippen molar-refractivity contribution in [2.24, 2.45) is 7.05 Å². The van der Waals surface area contributed by atoms with Gasteiger partial charge in [-0.15, -0.1) is 0 Å². The molecule has 2 aromatic rings. The lowest BCUT2D eigenvalue weighted by Crippen LogP contribution is -2.09. The highest BCUT2D eigenvalue weighted by molar-refractivity contribution is 5.16. The third-order valence-electron chi connectivity index (χ3n) is 3.05. The van der Waals surface area contributed by atoms with E-state index in [4.69, 9.17) is 0 Å². The summed E-state index contributed by atoms with van der Waals surface area (Å²) in [5.74, 6) is 0. The highest BCUT2D eigenvalue weighted by Gasteiger charge is 2.16. The number of nitrogens with zero attached hydrogens (tertiary/aromatic N) is 4. The van der Waals surface area contributed by atoms with Crippen LogP contribution in [0.25, 0.3) is 0 Å².